The second-order valence-corrected chi connectivity index (χ2v) is 4.24. The van der Waals surface area contributed by atoms with Crippen LogP contribution in [0.15, 0.2) is 30.7 Å². The van der Waals surface area contributed by atoms with E-state index in [0.29, 0.717) is 24.5 Å². The topological polar surface area (TPSA) is 93.2 Å². The lowest BCUT2D eigenvalue weighted by molar-refractivity contribution is 0.102. The summed E-state index contributed by atoms with van der Waals surface area (Å²) in [6.07, 6.45) is 3.23. The van der Waals surface area contributed by atoms with E-state index in [1.165, 1.54) is 6.07 Å². The number of phenols is 1. The van der Waals surface area contributed by atoms with Gasteiger partial charge in [-0.15, -0.1) is 0 Å². The first-order chi connectivity index (χ1) is 9.10. The second-order valence-electron chi connectivity index (χ2n) is 4.24. The molecule has 0 saturated carbocycles. The summed E-state index contributed by atoms with van der Waals surface area (Å²) in [6.45, 7) is 2.93. The molecule has 0 radical (unpaired) electrons. The zero-order valence-corrected chi connectivity index (χ0v) is 10.6. The monoisotopic (exact) mass is 260 g/mol. The van der Waals surface area contributed by atoms with Crippen LogP contribution in [0.25, 0.3) is 0 Å². The highest BCUT2D eigenvalue weighted by Crippen LogP contribution is 2.20. The van der Waals surface area contributed by atoms with Crippen LogP contribution < -0.4 is 11.1 Å². The number of phenolic OH excluding ortho intramolecular Hbond substituents is 1. The first-order valence-electron chi connectivity index (χ1n) is 5.93. The number of hydrogen-bond donors (Lipinski definition) is 3. The third-order valence-electron chi connectivity index (χ3n) is 2.71. The number of aryl methyl sites for hydroxylation is 1. The molecule has 2 aromatic rings. The molecule has 6 nitrogen and oxygen atoms in total. The number of amides is 1. The number of rotatable bonds is 4. The number of nitrogens with two attached hydrogens (primary N) is 1. The lowest BCUT2D eigenvalue weighted by atomic mass is 10.2. The van der Waals surface area contributed by atoms with Crippen LogP contribution in [0.3, 0.4) is 0 Å². The van der Waals surface area contributed by atoms with Gasteiger partial charge < -0.3 is 20.7 Å². The number of nitrogens with zero attached hydrogens (tertiary/aromatic N) is 2. The minimum atomic E-state index is -0.287. The van der Waals surface area contributed by atoms with Crippen LogP contribution in [0, 0.1) is 6.92 Å². The molecule has 0 aliphatic heterocycles. The Balaban J connectivity index is 2.11. The smallest absolute Gasteiger partial charge is 0.275 e. The number of carbonyl (C=O) groups is 1. The minimum Gasteiger partial charge on any atom is -0.508 e. The molecular weight excluding hydrogens is 244 g/mol. The van der Waals surface area contributed by atoms with Gasteiger partial charge >= 0.3 is 0 Å². The molecule has 1 heterocycles. The van der Waals surface area contributed by atoms with Crippen molar-refractivity contribution < 1.29 is 9.90 Å². The third-order valence-corrected chi connectivity index (χ3v) is 2.71. The van der Waals surface area contributed by atoms with Crippen molar-refractivity contribution in [1.82, 2.24) is 9.55 Å². The third kappa shape index (κ3) is 3.11. The highest BCUT2D eigenvalue weighted by molar-refractivity contribution is 6.03. The molecule has 19 heavy (non-hydrogen) atoms. The predicted octanol–water partition coefficient (Wildman–Crippen LogP) is 1.11. The van der Waals surface area contributed by atoms with Crippen molar-refractivity contribution in [2.45, 2.75) is 13.5 Å². The fourth-order valence-electron chi connectivity index (χ4n) is 1.72. The molecule has 6 heteroatoms. The quantitative estimate of drug-likeness (QED) is 0.718. The fraction of sp³-hybridized carbons (Fsp3) is 0.231. The maximum absolute atomic E-state index is 12.0. The van der Waals surface area contributed by atoms with Gasteiger partial charge in [0.25, 0.3) is 5.91 Å². The van der Waals surface area contributed by atoms with Crippen molar-refractivity contribution in [3.05, 3.63) is 42.0 Å². The molecule has 0 saturated heterocycles. The van der Waals surface area contributed by atoms with Crippen LogP contribution in [0.1, 0.15) is 16.1 Å². The van der Waals surface area contributed by atoms with E-state index in [9.17, 15) is 9.90 Å². The molecule has 100 valence electrons. The Hall–Kier alpha value is -2.34. The van der Waals surface area contributed by atoms with E-state index < -0.39 is 0 Å². The number of nitrogens with one attached hydrogen (secondary N) is 1. The zero-order valence-electron chi connectivity index (χ0n) is 10.6. The van der Waals surface area contributed by atoms with E-state index in [4.69, 9.17) is 5.73 Å². The minimum absolute atomic E-state index is 0.169. The van der Waals surface area contributed by atoms with Crippen LogP contribution in [-0.2, 0) is 6.54 Å². The van der Waals surface area contributed by atoms with Gasteiger partial charge in [0.2, 0.25) is 0 Å². The van der Waals surface area contributed by atoms with Gasteiger partial charge in [-0.2, -0.15) is 0 Å². The first-order valence-corrected chi connectivity index (χ1v) is 5.93. The Morgan fingerprint density at radius 1 is 1.53 bits per heavy atom. The summed E-state index contributed by atoms with van der Waals surface area (Å²) in [5.41, 5.74) is 7.20. The maximum atomic E-state index is 12.0. The number of benzene rings is 1. The molecule has 0 fully saturated rings. The SMILES string of the molecule is Cc1cc(O)ccc1NC(=O)c1cn(CCN)cn1. The van der Waals surface area contributed by atoms with E-state index in [1.54, 1.807) is 29.2 Å². The highest BCUT2D eigenvalue weighted by atomic mass is 16.3. The van der Waals surface area contributed by atoms with E-state index in [-0.39, 0.29) is 11.7 Å². The van der Waals surface area contributed by atoms with Crippen LogP contribution in [0.5, 0.6) is 5.75 Å². The summed E-state index contributed by atoms with van der Waals surface area (Å²) in [6, 6.07) is 4.76. The van der Waals surface area contributed by atoms with E-state index in [0.717, 1.165) is 5.56 Å². The molecule has 1 aromatic carbocycles. The van der Waals surface area contributed by atoms with E-state index in [2.05, 4.69) is 10.3 Å². The number of anilines is 1. The number of hydrogen-bond acceptors (Lipinski definition) is 4. The summed E-state index contributed by atoms with van der Waals surface area (Å²) in [5, 5.41) is 12.1. The van der Waals surface area contributed by atoms with Gasteiger partial charge in [0.15, 0.2) is 0 Å². The van der Waals surface area contributed by atoms with Crippen molar-refractivity contribution in [2.75, 3.05) is 11.9 Å². The van der Waals surface area contributed by atoms with Crippen molar-refractivity contribution in [2.24, 2.45) is 5.73 Å². The molecule has 4 N–H and O–H groups in total. The summed E-state index contributed by atoms with van der Waals surface area (Å²) >= 11 is 0. The molecule has 0 unspecified atom stereocenters. The Morgan fingerprint density at radius 3 is 3.00 bits per heavy atom. The van der Waals surface area contributed by atoms with E-state index in [1.807, 2.05) is 6.92 Å². The van der Waals surface area contributed by atoms with Gasteiger partial charge in [0, 0.05) is 25.0 Å². The Kier molecular flexibility index (Phi) is 3.82. The Morgan fingerprint density at radius 2 is 2.32 bits per heavy atom. The fourth-order valence-corrected chi connectivity index (χ4v) is 1.72. The second kappa shape index (κ2) is 5.53. The predicted molar refractivity (Wildman–Crippen MR) is 72.1 cm³/mol. The number of carbonyl (C=O) groups excluding carboxylic acids is 1. The Labute approximate surface area is 110 Å². The number of imidazole rings is 1. The number of aromatic hydroxyl groups is 1. The molecule has 0 atom stereocenters. The lowest BCUT2D eigenvalue weighted by Crippen LogP contribution is -2.13. The van der Waals surface area contributed by atoms with Crippen molar-refractivity contribution >= 4 is 11.6 Å². The van der Waals surface area contributed by atoms with Gasteiger partial charge in [-0.25, -0.2) is 4.98 Å². The van der Waals surface area contributed by atoms with Gasteiger partial charge in [-0.3, -0.25) is 4.79 Å². The normalized spacial score (nSPS) is 10.4. The average Bonchev–Trinajstić information content (AvgIpc) is 2.82. The molecule has 2 rings (SSSR count). The summed E-state index contributed by atoms with van der Waals surface area (Å²) in [7, 11) is 0. The molecule has 1 aromatic heterocycles. The lowest BCUT2D eigenvalue weighted by Gasteiger charge is -2.07. The van der Waals surface area contributed by atoms with Gasteiger partial charge in [-0.1, -0.05) is 0 Å². The van der Waals surface area contributed by atoms with Crippen molar-refractivity contribution in [1.29, 1.82) is 0 Å². The standard InChI is InChI=1S/C13H16N4O2/c1-9-6-10(18)2-3-11(9)16-13(19)12-7-17(5-4-14)8-15-12/h2-3,6-8,18H,4-5,14H2,1H3,(H,16,19). The van der Waals surface area contributed by atoms with Gasteiger partial charge in [0.1, 0.15) is 11.4 Å². The largest absolute Gasteiger partial charge is 0.508 e. The summed E-state index contributed by atoms with van der Waals surface area (Å²) in [5.74, 6) is -0.118. The summed E-state index contributed by atoms with van der Waals surface area (Å²) < 4.78 is 1.76. The molecule has 1 amide bonds. The maximum Gasteiger partial charge on any atom is 0.275 e. The summed E-state index contributed by atoms with van der Waals surface area (Å²) in [4.78, 5) is 16.0. The number of aromatic nitrogens is 2. The van der Waals surface area contributed by atoms with Crippen LogP contribution in [-0.4, -0.2) is 27.1 Å². The molecule has 0 bridgehead atoms. The van der Waals surface area contributed by atoms with Crippen LogP contribution in [0.4, 0.5) is 5.69 Å². The van der Waals surface area contributed by atoms with Crippen molar-refractivity contribution in [3.63, 3.8) is 0 Å². The van der Waals surface area contributed by atoms with Gasteiger partial charge in [0.05, 0.1) is 6.33 Å². The molecule has 0 aliphatic rings. The first kappa shape index (κ1) is 13.1. The van der Waals surface area contributed by atoms with Crippen LogP contribution >= 0.6 is 0 Å². The van der Waals surface area contributed by atoms with E-state index >= 15 is 0 Å². The molecular formula is C13H16N4O2. The van der Waals surface area contributed by atoms with Crippen LogP contribution in [0.2, 0.25) is 0 Å². The Bertz CT molecular complexity index is 592. The molecule has 0 aliphatic carbocycles. The highest BCUT2D eigenvalue weighted by Gasteiger charge is 2.11. The zero-order chi connectivity index (χ0) is 13.8. The molecule has 0 spiro atoms. The average molecular weight is 260 g/mol. The van der Waals surface area contributed by atoms with Gasteiger partial charge in [-0.05, 0) is 30.7 Å². The van der Waals surface area contributed by atoms with Crippen molar-refractivity contribution in [3.8, 4) is 5.75 Å².